The number of hydrogen-bond donors (Lipinski definition) is 1. The molecule has 0 aliphatic heterocycles. The summed E-state index contributed by atoms with van der Waals surface area (Å²) in [6.07, 6.45) is 3.61. The van der Waals surface area contributed by atoms with Crippen molar-refractivity contribution in [1.29, 1.82) is 0 Å². The average molecular weight is 344 g/mol. The van der Waals surface area contributed by atoms with E-state index in [9.17, 15) is 4.79 Å². The van der Waals surface area contributed by atoms with E-state index in [1.165, 1.54) is 0 Å². The molecule has 7 heteroatoms. The Labute approximate surface area is 145 Å². The van der Waals surface area contributed by atoms with Gasteiger partial charge < -0.3 is 5.32 Å². The number of nitrogens with one attached hydrogen (secondary N) is 1. The van der Waals surface area contributed by atoms with Crippen LogP contribution in [0.4, 0.5) is 0 Å². The molecule has 124 valence electrons. The van der Waals surface area contributed by atoms with Gasteiger partial charge >= 0.3 is 0 Å². The number of hydrogen-bond acceptors (Lipinski definition) is 3. The summed E-state index contributed by atoms with van der Waals surface area (Å²) in [6, 6.07) is 8.96. The third kappa shape index (κ3) is 3.33. The van der Waals surface area contributed by atoms with Crippen molar-refractivity contribution < 1.29 is 4.79 Å². The second kappa shape index (κ2) is 6.49. The van der Waals surface area contributed by atoms with Crippen LogP contribution >= 0.6 is 11.6 Å². The van der Waals surface area contributed by atoms with Crippen LogP contribution in [0.1, 0.15) is 34.7 Å². The van der Waals surface area contributed by atoms with E-state index in [1.54, 1.807) is 27.7 Å². The fourth-order valence-electron chi connectivity index (χ4n) is 2.47. The number of nitrogens with zero attached hydrogens (tertiary/aromatic N) is 4. The van der Waals surface area contributed by atoms with Crippen molar-refractivity contribution >= 4 is 17.5 Å². The van der Waals surface area contributed by atoms with Gasteiger partial charge in [0.25, 0.3) is 5.91 Å². The van der Waals surface area contributed by atoms with Crippen molar-refractivity contribution in [2.24, 2.45) is 7.05 Å². The third-order valence-electron chi connectivity index (χ3n) is 3.75. The van der Waals surface area contributed by atoms with Crippen molar-refractivity contribution in [2.45, 2.75) is 19.9 Å². The van der Waals surface area contributed by atoms with Crippen LogP contribution in [0, 0.1) is 6.92 Å². The Morgan fingerprint density at radius 1 is 1.33 bits per heavy atom. The highest BCUT2D eigenvalue weighted by Gasteiger charge is 2.17. The summed E-state index contributed by atoms with van der Waals surface area (Å²) in [7, 11) is 1.84. The highest BCUT2D eigenvalue weighted by atomic mass is 35.5. The fraction of sp³-hybridized carbons (Fsp3) is 0.235. The van der Waals surface area contributed by atoms with E-state index in [2.05, 4.69) is 15.5 Å². The summed E-state index contributed by atoms with van der Waals surface area (Å²) < 4.78 is 3.41. The van der Waals surface area contributed by atoms with Crippen LogP contribution < -0.4 is 5.32 Å². The molecule has 0 bridgehead atoms. The van der Waals surface area contributed by atoms with Gasteiger partial charge in [-0.2, -0.15) is 10.2 Å². The Bertz CT molecular complexity index is 883. The lowest BCUT2D eigenvalue weighted by Crippen LogP contribution is -2.27. The fourth-order valence-corrected chi connectivity index (χ4v) is 2.66. The van der Waals surface area contributed by atoms with Crippen molar-refractivity contribution in [3.05, 3.63) is 64.7 Å². The minimum Gasteiger partial charge on any atom is -0.344 e. The summed E-state index contributed by atoms with van der Waals surface area (Å²) >= 11 is 6.03. The Balaban J connectivity index is 1.80. The van der Waals surface area contributed by atoms with E-state index in [-0.39, 0.29) is 11.9 Å². The van der Waals surface area contributed by atoms with Crippen LogP contribution in [0.15, 0.2) is 42.7 Å². The summed E-state index contributed by atoms with van der Waals surface area (Å²) in [6.45, 7) is 3.81. The lowest BCUT2D eigenvalue weighted by atomic mass is 10.2. The zero-order valence-corrected chi connectivity index (χ0v) is 14.4. The normalized spacial score (nSPS) is 12.2. The number of benzene rings is 1. The van der Waals surface area contributed by atoms with Crippen LogP contribution in [0.3, 0.4) is 0 Å². The van der Waals surface area contributed by atoms with Gasteiger partial charge in [0.05, 0.1) is 17.9 Å². The molecule has 0 radical (unpaired) electrons. The first-order valence-corrected chi connectivity index (χ1v) is 7.94. The van der Waals surface area contributed by atoms with Crippen LogP contribution in [0.2, 0.25) is 5.02 Å². The van der Waals surface area contributed by atoms with Crippen LogP contribution in [-0.2, 0) is 7.05 Å². The van der Waals surface area contributed by atoms with Crippen molar-refractivity contribution in [3.63, 3.8) is 0 Å². The van der Waals surface area contributed by atoms with Gasteiger partial charge in [-0.15, -0.1) is 0 Å². The maximum atomic E-state index is 12.5. The zero-order chi connectivity index (χ0) is 17.3. The smallest absolute Gasteiger partial charge is 0.272 e. The maximum absolute atomic E-state index is 12.5. The van der Waals surface area contributed by atoms with Crippen molar-refractivity contribution in [1.82, 2.24) is 24.9 Å². The molecule has 1 aromatic carbocycles. The molecule has 0 saturated carbocycles. The summed E-state index contributed by atoms with van der Waals surface area (Å²) in [5, 5.41) is 12.1. The number of halogens is 1. The van der Waals surface area contributed by atoms with Gasteiger partial charge in [0.2, 0.25) is 0 Å². The highest BCUT2D eigenvalue weighted by Crippen LogP contribution is 2.17. The van der Waals surface area contributed by atoms with Gasteiger partial charge in [0.1, 0.15) is 0 Å². The number of aryl methyl sites for hydroxylation is 2. The van der Waals surface area contributed by atoms with Crippen molar-refractivity contribution in [3.8, 4) is 5.69 Å². The number of carbonyl (C=O) groups excluding carboxylic acids is 1. The van der Waals surface area contributed by atoms with Crippen molar-refractivity contribution in [2.75, 3.05) is 0 Å². The monoisotopic (exact) mass is 343 g/mol. The number of carbonyl (C=O) groups is 1. The van der Waals surface area contributed by atoms with Gasteiger partial charge in [0, 0.05) is 29.5 Å². The van der Waals surface area contributed by atoms with E-state index in [0.29, 0.717) is 10.7 Å². The first-order valence-electron chi connectivity index (χ1n) is 7.56. The van der Waals surface area contributed by atoms with E-state index in [0.717, 1.165) is 16.9 Å². The number of amides is 1. The van der Waals surface area contributed by atoms with Crippen LogP contribution in [0.5, 0.6) is 0 Å². The Morgan fingerprint density at radius 2 is 2.12 bits per heavy atom. The van der Waals surface area contributed by atoms with Gasteiger partial charge in [-0.1, -0.05) is 17.7 Å². The van der Waals surface area contributed by atoms with Gasteiger partial charge in [-0.3, -0.25) is 9.48 Å². The molecule has 3 aromatic rings. The molecule has 1 amide bonds. The average Bonchev–Trinajstić information content (AvgIpc) is 3.13. The quantitative estimate of drug-likeness (QED) is 0.791. The standard InChI is InChI=1S/C17H18ClN5O/c1-11-7-16(21-23(11)15-6-4-5-14(18)8-15)17(24)20-12(2)13-9-19-22(3)10-13/h4-10,12H,1-3H3,(H,20,24)/t12-/m1/s1. The Kier molecular flexibility index (Phi) is 4.40. The molecule has 0 spiro atoms. The molecule has 2 heterocycles. The largest absolute Gasteiger partial charge is 0.344 e. The summed E-state index contributed by atoms with van der Waals surface area (Å²) in [5.74, 6) is -0.227. The van der Waals surface area contributed by atoms with Crippen LogP contribution in [-0.4, -0.2) is 25.5 Å². The van der Waals surface area contributed by atoms with Crippen LogP contribution in [0.25, 0.3) is 5.69 Å². The molecule has 0 unspecified atom stereocenters. The molecule has 3 rings (SSSR count). The molecule has 1 N–H and O–H groups in total. The second-order valence-electron chi connectivity index (χ2n) is 5.71. The van der Waals surface area contributed by atoms with Gasteiger partial charge in [-0.05, 0) is 38.1 Å². The molecule has 0 saturated heterocycles. The minimum atomic E-state index is -0.227. The maximum Gasteiger partial charge on any atom is 0.272 e. The Hall–Kier alpha value is -2.60. The molecule has 24 heavy (non-hydrogen) atoms. The first-order chi connectivity index (χ1) is 11.4. The Morgan fingerprint density at radius 3 is 2.79 bits per heavy atom. The van der Waals surface area contributed by atoms with E-state index >= 15 is 0 Å². The first kappa shape index (κ1) is 16.3. The highest BCUT2D eigenvalue weighted by molar-refractivity contribution is 6.30. The molecule has 0 fully saturated rings. The zero-order valence-electron chi connectivity index (χ0n) is 13.7. The van der Waals surface area contributed by atoms with E-state index in [4.69, 9.17) is 11.6 Å². The molecule has 0 aliphatic carbocycles. The molecule has 0 aliphatic rings. The molecular weight excluding hydrogens is 326 g/mol. The summed E-state index contributed by atoms with van der Waals surface area (Å²) in [5.41, 5.74) is 2.98. The predicted octanol–water partition coefficient (Wildman–Crippen LogP) is 3.06. The second-order valence-corrected chi connectivity index (χ2v) is 6.14. The molecular formula is C17H18ClN5O. The van der Waals surface area contributed by atoms with E-state index < -0.39 is 0 Å². The third-order valence-corrected chi connectivity index (χ3v) is 3.98. The van der Waals surface area contributed by atoms with Gasteiger partial charge in [-0.25, -0.2) is 4.68 Å². The van der Waals surface area contributed by atoms with E-state index in [1.807, 2.05) is 45.3 Å². The predicted molar refractivity (Wildman–Crippen MR) is 92.4 cm³/mol. The minimum absolute atomic E-state index is 0.150. The number of aromatic nitrogens is 4. The lowest BCUT2D eigenvalue weighted by molar-refractivity contribution is 0.0934. The molecule has 2 aromatic heterocycles. The SMILES string of the molecule is Cc1cc(C(=O)N[C@H](C)c2cnn(C)c2)nn1-c1cccc(Cl)c1. The summed E-state index contributed by atoms with van der Waals surface area (Å²) in [4.78, 5) is 12.5. The van der Waals surface area contributed by atoms with Gasteiger partial charge in [0.15, 0.2) is 5.69 Å². The molecule has 1 atom stereocenters. The molecule has 6 nitrogen and oxygen atoms in total. The topological polar surface area (TPSA) is 64.7 Å². The lowest BCUT2D eigenvalue weighted by Gasteiger charge is -2.10. The number of rotatable bonds is 4.